The van der Waals surface area contributed by atoms with Crippen LogP contribution in [0.5, 0.6) is 5.75 Å². The minimum atomic E-state index is -3.38. The van der Waals surface area contributed by atoms with Crippen molar-refractivity contribution in [2.45, 2.75) is 62.6 Å². The lowest BCUT2D eigenvalue weighted by Gasteiger charge is -2.45. The first kappa shape index (κ1) is 24.2. The van der Waals surface area contributed by atoms with E-state index in [4.69, 9.17) is 14.2 Å². The van der Waals surface area contributed by atoms with Crippen molar-refractivity contribution in [1.29, 1.82) is 0 Å². The molecule has 0 bridgehead atoms. The fraction of sp³-hybridized carbons (Fsp3) is 0.520. The fourth-order valence-corrected chi connectivity index (χ4v) is 5.60. The van der Waals surface area contributed by atoms with Crippen LogP contribution in [0, 0.1) is 0 Å². The second-order valence-electron chi connectivity index (χ2n) is 8.97. The molecule has 0 aromatic heterocycles. The maximum Gasteiger partial charge on any atom is 0.209 e. The van der Waals surface area contributed by atoms with E-state index in [1.165, 1.54) is 11.8 Å². The van der Waals surface area contributed by atoms with Crippen molar-refractivity contribution < 1.29 is 27.7 Å². The number of aliphatic hydroxyl groups excluding tert-OH is 1. The Bertz CT molecular complexity index is 1030. The van der Waals surface area contributed by atoms with Crippen molar-refractivity contribution in [3.05, 3.63) is 54.1 Å². The van der Waals surface area contributed by atoms with Gasteiger partial charge < -0.3 is 19.3 Å². The molecule has 0 radical (unpaired) electrons. The number of methoxy groups -OCH3 is 1. The van der Waals surface area contributed by atoms with Gasteiger partial charge in [0.05, 0.1) is 50.4 Å². The highest BCUT2D eigenvalue weighted by Crippen LogP contribution is 2.33. The van der Waals surface area contributed by atoms with Crippen LogP contribution in [0.1, 0.15) is 31.2 Å². The molecule has 0 spiro atoms. The lowest BCUT2D eigenvalue weighted by Crippen LogP contribution is -2.57. The molecular formula is C25H33NO6S. The summed E-state index contributed by atoms with van der Waals surface area (Å²) < 4.78 is 44.3. The molecule has 4 rings (SSSR count). The summed E-state index contributed by atoms with van der Waals surface area (Å²) in [4.78, 5) is 0. The summed E-state index contributed by atoms with van der Waals surface area (Å²) in [5, 5.41) is 9.43. The maximum absolute atomic E-state index is 12.0. The molecule has 2 N–H and O–H groups in total. The Morgan fingerprint density at radius 3 is 2.55 bits per heavy atom. The van der Waals surface area contributed by atoms with Crippen molar-refractivity contribution in [2.24, 2.45) is 0 Å². The van der Waals surface area contributed by atoms with E-state index in [0.29, 0.717) is 12.8 Å². The number of sulfonamides is 1. The van der Waals surface area contributed by atoms with Crippen molar-refractivity contribution in [3.63, 3.8) is 0 Å². The van der Waals surface area contributed by atoms with Crippen LogP contribution in [0.25, 0.3) is 11.1 Å². The largest absolute Gasteiger partial charge is 0.497 e. The minimum Gasteiger partial charge on any atom is -0.497 e. The highest BCUT2D eigenvalue weighted by atomic mass is 32.2. The van der Waals surface area contributed by atoms with Crippen LogP contribution >= 0.6 is 0 Å². The van der Waals surface area contributed by atoms with E-state index in [1.807, 2.05) is 18.2 Å². The summed E-state index contributed by atoms with van der Waals surface area (Å²) in [7, 11) is -1.72. The van der Waals surface area contributed by atoms with Gasteiger partial charge in [-0.3, -0.25) is 0 Å². The molecule has 180 valence electrons. The molecule has 0 amide bonds. The first-order chi connectivity index (χ1) is 15.8. The summed E-state index contributed by atoms with van der Waals surface area (Å²) in [6, 6.07) is 16.0. The van der Waals surface area contributed by atoms with Crippen LogP contribution < -0.4 is 9.46 Å². The number of benzene rings is 2. The molecule has 2 heterocycles. The molecular weight excluding hydrogens is 442 g/mol. The Morgan fingerprint density at radius 1 is 1.06 bits per heavy atom. The van der Waals surface area contributed by atoms with E-state index in [2.05, 4.69) is 35.1 Å². The van der Waals surface area contributed by atoms with Crippen molar-refractivity contribution in [3.8, 4) is 16.9 Å². The Morgan fingerprint density at radius 2 is 1.85 bits per heavy atom. The first-order valence-electron chi connectivity index (χ1n) is 11.5. The summed E-state index contributed by atoms with van der Waals surface area (Å²) in [6.45, 7) is -0.0252. The monoisotopic (exact) mass is 475 g/mol. The smallest absolute Gasteiger partial charge is 0.209 e. The van der Waals surface area contributed by atoms with Gasteiger partial charge in [0.25, 0.3) is 0 Å². The number of aliphatic hydroxyl groups is 1. The van der Waals surface area contributed by atoms with Gasteiger partial charge in [0.1, 0.15) is 5.75 Å². The molecule has 7 nitrogen and oxygen atoms in total. The predicted octanol–water partition coefficient (Wildman–Crippen LogP) is 2.91. The molecule has 2 aromatic carbocycles. The van der Waals surface area contributed by atoms with Crippen molar-refractivity contribution in [2.75, 3.05) is 20.0 Å². The van der Waals surface area contributed by atoms with E-state index in [0.717, 1.165) is 36.1 Å². The lowest BCUT2D eigenvalue weighted by molar-refractivity contribution is -0.200. The molecule has 2 aliphatic rings. The highest BCUT2D eigenvalue weighted by molar-refractivity contribution is 7.88. The van der Waals surface area contributed by atoms with E-state index < -0.39 is 10.0 Å². The normalized spacial score (nSPS) is 27.7. The summed E-state index contributed by atoms with van der Waals surface area (Å²) in [5.74, 6) is 0.825. The zero-order valence-electron chi connectivity index (χ0n) is 19.1. The van der Waals surface area contributed by atoms with Crippen LogP contribution in [-0.2, 0) is 25.9 Å². The second-order valence-corrected chi connectivity index (χ2v) is 10.7. The number of ether oxygens (including phenoxy) is 3. The third-order valence-corrected chi connectivity index (χ3v) is 7.21. The number of aryl methyl sites for hydroxylation is 1. The Kier molecular flexibility index (Phi) is 7.71. The van der Waals surface area contributed by atoms with Gasteiger partial charge in [0.15, 0.2) is 0 Å². The Labute approximate surface area is 196 Å². The zero-order valence-corrected chi connectivity index (χ0v) is 20.0. The molecule has 2 saturated heterocycles. The molecule has 2 fully saturated rings. The van der Waals surface area contributed by atoms with Gasteiger partial charge in [-0.25, -0.2) is 13.1 Å². The van der Waals surface area contributed by atoms with Gasteiger partial charge in [0.2, 0.25) is 10.0 Å². The van der Waals surface area contributed by atoms with Gasteiger partial charge in [-0.1, -0.05) is 36.4 Å². The van der Waals surface area contributed by atoms with E-state index in [-0.39, 0.29) is 37.1 Å². The Balaban J connectivity index is 1.42. The number of fused-ring (bicyclic) bond motifs is 1. The molecule has 5 atom stereocenters. The quantitative estimate of drug-likeness (QED) is 0.610. The number of rotatable bonds is 8. The standard InChI is InChI=1S/C25H33NO6S/c1-30-20-5-3-4-19(14-20)18-9-6-17(7-10-18)8-12-23-22(26-33(2,28)29)15-25-24(32-23)13-11-21(16-27)31-25/h3-7,9-10,14,21-27H,8,11-13,15-16H2,1-2H3/t21-,22+,23-,24+,25+/m1/s1. The fourth-order valence-electron chi connectivity index (χ4n) is 4.80. The highest BCUT2D eigenvalue weighted by Gasteiger charge is 2.42. The predicted molar refractivity (Wildman–Crippen MR) is 127 cm³/mol. The summed E-state index contributed by atoms with van der Waals surface area (Å²) in [6.07, 6.45) is 4.08. The second kappa shape index (κ2) is 10.5. The maximum atomic E-state index is 12.0. The molecule has 2 aromatic rings. The first-order valence-corrected chi connectivity index (χ1v) is 13.4. The van der Waals surface area contributed by atoms with Gasteiger partial charge in [0, 0.05) is 0 Å². The lowest BCUT2D eigenvalue weighted by atomic mass is 9.88. The van der Waals surface area contributed by atoms with Crippen LogP contribution in [0.2, 0.25) is 0 Å². The van der Waals surface area contributed by atoms with E-state index >= 15 is 0 Å². The van der Waals surface area contributed by atoms with Crippen LogP contribution in [-0.4, -0.2) is 64.0 Å². The zero-order chi connectivity index (χ0) is 23.4. The van der Waals surface area contributed by atoms with Crippen molar-refractivity contribution >= 4 is 10.0 Å². The SMILES string of the molecule is COc1cccc(-c2ccc(CC[C@H]3O[C@H]4CC[C@H](CO)O[C@H]4C[C@@H]3NS(C)(=O)=O)cc2)c1. The number of hydrogen-bond donors (Lipinski definition) is 2. The Hall–Kier alpha value is -1.97. The van der Waals surface area contributed by atoms with Gasteiger partial charge in [-0.05, 0) is 60.9 Å². The molecule has 0 aliphatic carbocycles. The van der Waals surface area contributed by atoms with Crippen LogP contribution in [0.4, 0.5) is 0 Å². The average Bonchev–Trinajstić information content (AvgIpc) is 2.81. The topological polar surface area (TPSA) is 94.1 Å². The number of nitrogens with one attached hydrogen (secondary N) is 1. The van der Waals surface area contributed by atoms with E-state index in [9.17, 15) is 13.5 Å². The third kappa shape index (κ3) is 6.33. The molecule has 8 heteroatoms. The average molecular weight is 476 g/mol. The van der Waals surface area contributed by atoms with Crippen molar-refractivity contribution in [1.82, 2.24) is 4.72 Å². The summed E-state index contributed by atoms with van der Waals surface area (Å²) in [5.41, 5.74) is 3.38. The van der Waals surface area contributed by atoms with E-state index in [1.54, 1.807) is 7.11 Å². The third-order valence-electron chi connectivity index (χ3n) is 6.48. The molecule has 2 aliphatic heterocycles. The van der Waals surface area contributed by atoms with Crippen LogP contribution in [0.15, 0.2) is 48.5 Å². The van der Waals surface area contributed by atoms with Gasteiger partial charge in [-0.2, -0.15) is 0 Å². The van der Waals surface area contributed by atoms with Gasteiger partial charge in [-0.15, -0.1) is 0 Å². The minimum absolute atomic E-state index is 0.0252. The van der Waals surface area contributed by atoms with Crippen LogP contribution in [0.3, 0.4) is 0 Å². The van der Waals surface area contributed by atoms with Gasteiger partial charge >= 0.3 is 0 Å². The molecule has 33 heavy (non-hydrogen) atoms. The summed E-state index contributed by atoms with van der Waals surface area (Å²) >= 11 is 0. The molecule has 0 saturated carbocycles. The molecule has 0 unspecified atom stereocenters. The number of hydrogen-bond acceptors (Lipinski definition) is 6.